The van der Waals surface area contributed by atoms with Gasteiger partial charge in [0.2, 0.25) is 10.0 Å². The Bertz CT molecular complexity index is 893. The summed E-state index contributed by atoms with van der Waals surface area (Å²) in [4.78, 5) is 11.5. The number of hydrogen-bond donors (Lipinski definition) is 0. The fraction of sp³-hybridized carbons (Fsp3) is 0.316. The molecule has 27 heavy (non-hydrogen) atoms. The number of hydrogen-bond acceptors (Lipinski definition) is 6. The van der Waals surface area contributed by atoms with Crippen LogP contribution < -0.4 is 9.47 Å². The molecule has 0 aromatic heterocycles. The molecule has 0 fully saturated rings. The average Bonchev–Trinajstić information content (AvgIpc) is 2.67. The zero-order valence-electron chi connectivity index (χ0n) is 15.8. The molecule has 0 saturated carbocycles. The first kappa shape index (κ1) is 20.7. The molecule has 0 aliphatic heterocycles. The lowest BCUT2D eigenvalue weighted by Gasteiger charge is -2.18. The van der Waals surface area contributed by atoms with E-state index in [1.165, 1.54) is 25.6 Å². The topological polar surface area (TPSA) is 82.1 Å². The van der Waals surface area contributed by atoms with E-state index in [1.54, 1.807) is 49.6 Å². The van der Waals surface area contributed by atoms with E-state index in [1.807, 2.05) is 0 Å². The molecular weight excluding hydrogens is 370 g/mol. The van der Waals surface area contributed by atoms with Crippen LogP contribution in [0.15, 0.2) is 42.5 Å². The summed E-state index contributed by atoms with van der Waals surface area (Å²) in [6, 6.07) is 11.6. The third-order valence-electron chi connectivity index (χ3n) is 4.05. The number of benzene rings is 2. The average molecular weight is 393 g/mol. The van der Waals surface area contributed by atoms with E-state index < -0.39 is 16.0 Å². The number of rotatable bonds is 8. The van der Waals surface area contributed by atoms with E-state index in [2.05, 4.69) is 4.74 Å². The summed E-state index contributed by atoms with van der Waals surface area (Å²) >= 11 is 0. The van der Waals surface area contributed by atoms with E-state index >= 15 is 0 Å². The van der Waals surface area contributed by atoms with Gasteiger partial charge in [-0.25, -0.2) is 17.5 Å². The van der Waals surface area contributed by atoms with Crippen molar-refractivity contribution < 1.29 is 27.4 Å². The highest BCUT2D eigenvalue weighted by Crippen LogP contribution is 2.28. The van der Waals surface area contributed by atoms with E-state index in [0.717, 1.165) is 5.56 Å². The SMILES string of the molecule is COC(=O)c1ccc(CS(=O)(=O)N(C)Cc2ccc(OC)c(OC)c2)cc1. The predicted molar refractivity (Wildman–Crippen MR) is 101 cm³/mol. The molecule has 0 atom stereocenters. The van der Waals surface area contributed by atoms with Crippen LogP contribution in [-0.4, -0.2) is 47.1 Å². The summed E-state index contributed by atoms with van der Waals surface area (Å²) in [7, 11) is 2.35. The van der Waals surface area contributed by atoms with Crippen molar-refractivity contribution in [2.45, 2.75) is 12.3 Å². The third-order valence-corrected chi connectivity index (χ3v) is 5.83. The second-order valence-electron chi connectivity index (χ2n) is 5.89. The lowest BCUT2D eigenvalue weighted by molar-refractivity contribution is 0.0600. The summed E-state index contributed by atoms with van der Waals surface area (Å²) in [5.74, 6) is 0.491. The summed E-state index contributed by atoms with van der Waals surface area (Å²) in [5, 5.41) is 0. The van der Waals surface area contributed by atoms with Crippen molar-refractivity contribution in [3.63, 3.8) is 0 Å². The number of nitrogens with zero attached hydrogens (tertiary/aromatic N) is 1. The maximum absolute atomic E-state index is 12.6. The first-order chi connectivity index (χ1) is 12.8. The van der Waals surface area contributed by atoms with Gasteiger partial charge in [0.1, 0.15) is 0 Å². The molecule has 0 bridgehead atoms. The minimum Gasteiger partial charge on any atom is -0.493 e. The highest BCUT2D eigenvalue weighted by atomic mass is 32.2. The smallest absolute Gasteiger partial charge is 0.337 e. The third kappa shape index (κ3) is 5.21. The Morgan fingerprint density at radius 3 is 2.07 bits per heavy atom. The molecule has 7 nitrogen and oxygen atoms in total. The van der Waals surface area contributed by atoms with Crippen molar-refractivity contribution in [3.8, 4) is 11.5 Å². The van der Waals surface area contributed by atoms with Crippen molar-refractivity contribution in [2.75, 3.05) is 28.4 Å². The monoisotopic (exact) mass is 393 g/mol. The van der Waals surface area contributed by atoms with Crippen LogP contribution in [0.4, 0.5) is 0 Å². The highest BCUT2D eigenvalue weighted by molar-refractivity contribution is 7.88. The van der Waals surface area contributed by atoms with Crippen LogP contribution in [0.2, 0.25) is 0 Å². The first-order valence-electron chi connectivity index (χ1n) is 8.13. The second kappa shape index (κ2) is 8.88. The molecule has 0 saturated heterocycles. The number of carbonyl (C=O) groups excluding carboxylic acids is 1. The Morgan fingerprint density at radius 2 is 1.52 bits per heavy atom. The largest absolute Gasteiger partial charge is 0.493 e. The number of carbonyl (C=O) groups is 1. The van der Waals surface area contributed by atoms with Gasteiger partial charge in [-0.2, -0.15) is 0 Å². The molecule has 0 N–H and O–H groups in total. The van der Waals surface area contributed by atoms with Crippen LogP contribution in [0.1, 0.15) is 21.5 Å². The molecular formula is C19H23NO6S. The molecule has 146 valence electrons. The summed E-state index contributed by atoms with van der Waals surface area (Å²) in [6.45, 7) is 0.197. The van der Waals surface area contributed by atoms with Gasteiger partial charge in [0.25, 0.3) is 0 Å². The minimum atomic E-state index is -3.54. The number of esters is 1. The van der Waals surface area contributed by atoms with Gasteiger partial charge in [-0.1, -0.05) is 18.2 Å². The van der Waals surface area contributed by atoms with Crippen LogP contribution in [0.5, 0.6) is 11.5 Å². The van der Waals surface area contributed by atoms with Crippen molar-refractivity contribution in [2.24, 2.45) is 0 Å². The molecule has 0 unspecified atom stereocenters. The van der Waals surface area contributed by atoms with Crippen LogP contribution in [-0.2, 0) is 27.1 Å². The molecule has 0 radical (unpaired) electrons. The van der Waals surface area contributed by atoms with Gasteiger partial charge in [-0.15, -0.1) is 0 Å². The molecule has 2 rings (SSSR count). The molecule has 0 amide bonds. The summed E-state index contributed by atoms with van der Waals surface area (Å²) in [5.41, 5.74) is 1.74. The van der Waals surface area contributed by atoms with E-state index in [9.17, 15) is 13.2 Å². The Morgan fingerprint density at radius 1 is 0.926 bits per heavy atom. The van der Waals surface area contributed by atoms with Crippen LogP contribution in [0, 0.1) is 0 Å². The van der Waals surface area contributed by atoms with Gasteiger partial charge in [0.15, 0.2) is 11.5 Å². The van der Waals surface area contributed by atoms with Gasteiger partial charge < -0.3 is 14.2 Å². The number of ether oxygens (including phenoxy) is 3. The molecule has 0 aliphatic carbocycles. The van der Waals surface area contributed by atoms with Crippen LogP contribution in [0.3, 0.4) is 0 Å². The second-order valence-corrected chi connectivity index (χ2v) is 7.97. The zero-order chi connectivity index (χ0) is 20.0. The fourth-order valence-corrected chi connectivity index (χ4v) is 3.69. The molecule has 0 aliphatic rings. The fourth-order valence-electron chi connectivity index (χ4n) is 2.51. The summed E-state index contributed by atoms with van der Waals surface area (Å²) < 4.78 is 41.6. The Hall–Kier alpha value is -2.58. The minimum absolute atomic E-state index is 0.168. The van der Waals surface area contributed by atoms with Gasteiger partial charge in [-0.05, 0) is 35.4 Å². The Kier molecular flexibility index (Phi) is 6.81. The first-order valence-corrected chi connectivity index (χ1v) is 9.73. The van der Waals surface area contributed by atoms with Gasteiger partial charge in [-0.3, -0.25) is 0 Å². The van der Waals surface area contributed by atoms with Crippen molar-refractivity contribution in [3.05, 3.63) is 59.2 Å². The van der Waals surface area contributed by atoms with Crippen LogP contribution in [0.25, 0.3) is 0 Å². The maximum atomic E-state index is 12.6. The van der Waals surface area contributed by atoms with Crippen molar-refractivity contribution in [1.29, 1.82) is 0 Å². The standard InChI is InChI=1S/C19H23NO6S/c1-20(12-15-7-10-17(24-2)18(11-15)25-3)27(22,23)13-14-5-8-16(9-6-14)19(21)26-4/h5-11H,12-13H2,1-4H3. The zero-order valence-corrected chi connectivity index (χ0v) is 16.6. The lowest BCUT2D eigenvalue weighted by atomic mass is 10.1. The van der Waals surface area contributed by atoms with Crippen molar-refractivity contribution in [1.82, 2.24) is 4.31 Å². The molecule has 0 spiro atoms. The van der Waals surface area contributed by atoms with E-state index in [4.69, 9.17) is 9.47 Å². The molecule has 8 heteroatoms. The molecule has 2 aromatic carbocycles. The van der Waals surface area contributed by atoms with Gasteiger partial charge in [0, 0.05) is 13.6 Å². The normalized spacial score (nSPS) is 11.3. The lowest BCUT2D eigenvalue weighted by Crippen LogP contribution is -2.27. The quantitative estimate of drug-likeness (QED) is 0.641. The van der Waals surface area contributed by atoms with Gasteiger partial charge in [0.05, 0.1) is 32.6 Å². The predicted octanol–water partition coefficient (Wildman–Crippen LogP) is 2.45. The van der Waals surface area contributed by atoms with Crippen molar-refractivity contribution >= 4 is 16.0 Å². The van der Waals surface area contributed by atoms with Gasteiger partial charge >= 0.3 is 5.97 Å². The Balaban J connectivity index is 2.11. The van der Waals surface area contributed by atoms with E-state index in [0.29, 0.717) is 22.6 Å². The molecule has 2 aromatic rings. The Labute approximate surface area is 159 Å². The maximum Gasteiger partial charge on any atom is 0.337 e. The van der Waals surface area contributed by atoms with Crippen LogP contribution >= 0.6 is 0 Å². The van der Waals surface area contributed by atoms with E-state index in [-0.39, 0.29) is 12.3 Å². The molecule has 0 heterocycles. The summed E-state index contributed by atoms with van der Waals surface area (Å²) in [6.07, 6.45) is 0. The highest BCUT2D eigenvalue weighted by Gasteiger charge is 2.20. The number of methoxy groups -OCH3 is 3. The number of sulfonamides is 1.